The molecule has 0 aliphatic heterocycles. The van der Waals surface area contributed by atoms with Crippen molar-refractivity contribution in [3.63, 3.8) is 0 Å². The van der Waals surface area contributed by atoms with Gasteiger partial charge in [0.15, 0.2) is 0 Å². The fraction of sp³-hybridized carbons (Fsp3) is 0.333. The Kier molecular flexibility index (Phi) is 3.10. The van der Waals surface area contributed by atoms with Gasteiger partial charge in [0.2, 0.25) is 0 Å². The van der Waals surface area contributed by atoms with Gasteiger partial charge in [-0.15, -0.1) is 0 Å². The summed E-state index contributed by atoms with van der Waals surface area (Å²) in [4.78, 5) is 13.5. The number of hydrogen-bond acceptors (Lipinski definition) is 4. The van der Waals surface area contributed by atoms with Crippen LogP contribution in [0.25, 0.3) is 0 Å². The van der Waals surface area contributed by atoms with Gasteiger partial charge in [-0.25, -0.2) is 0 Å². The summed E-state index contributed by atoms with van der Waals surface area (Å²) in [6.07, 6.45) is 2.26. The van der Waals surface area contributed by atoms with Crippen molar-refractivity contribution >= 4 is 22.4 Å². The van der Waals surface area contributed by atoms with Crippen LogP contribution < -0.4 is 4.74 Å². The van der Waals surface area contributed by atoms with Gasteiger partial charge < -0.3 is 9.15 Å². The molecular formula is C6H6BrNO3. The van der Waals surface area contributed by atoms with E-state index in [1.807, 2.05) is 0 Å². The molecule has 0 N–H and O–H groups in total. The molecule has 0 spiro atoms. The van der Waals surface area contributed by atoms with Gasteiger partial charge in [0.25, 0.3) is 0 Å². The molecule has 0 saturated heterocycles. The third-order valence-electron chi connectivity index (χ3n) is 1.02. The standard InChI is InChI=1S/C6H6BrNO3/c7-2-1-5-3-8-6(11-5)10-4-9/h3-4H,1-2H2. The van der Waals surface area contributed by atoms with E-state index < -0.39 is 0 Å². The van der Waals surface area contributed by atoms with Gasteiger partial charge in [-0.2, -0.15) is 4.98 Å². The van der Waals surface area contributed by atoms with Crippen LogP contribution in [0.2, 0.25) is 0 Å². The molecule has 4 nitrogen and oxygen atoms in total. The summed E-state index contributed by atoms with van der Waals surface area (Å²) in [6, 6.07) is 0. The van der Waals surface area contributed by atoms with Crippen molar-refractivity contribution in [1.29, 1.82) is 0 Å². The van der Waals surface area contributed by atoms with E-state index in [1.54, 1.807) is 0 Å². The zero-order valence-electron chi connectivity index (χ0n) is 5.62. The molecule has 0 atom stereocenters. The van der Waals surface area contributed by atoms with Crippen molar-refractivity contribution in [2.24, 2.45) is 0 Å². The predicted molar refractivity (Wildman–Crippen MR) is 40.7 cm³/mol. The minimum Gasteiger partial charge on any atom is -0.414 e. The van der Waals surface area contributed by atoms with Crippen LogP contribution in [-0.2, 0) is 11.2 Å². The van der Waals surface area contributed by atoms with Crippen molar-refractivity contribution in [3.05, 3.63) is 12.0 Å². The predicted octanol–water partition coefficient (Wildman–Crippen LogP) is 1.15. The van der Waals surface area contributed by atoms with E-state index in [9.17, 15) is 4.79 Å². The zero-order chi connectivity index (χ0) is 8.10. The average molecular weight is 220 g/mol. The van der Waals surface area contributed by atoms with E-state index in [4.69, 9.17) is 4.42 Å². The number of ether oxygens (including phenoxy) is 1. The number of halogens is 1. The van der Waals surface area contributed by atoms with Gasteiger partial charge in [0, 0.05) is 11.8 Å². The molecule has 11 heavy (non-hydrogen) atoms. The lowest BCUT2D eigenvalue weighted by molar-refractivity contribution is -0.122. The molecule has 0 aromatic carbocycles. The normalized spacial score (nSPS) is 9.55. The maximum Gasteiger partial charge on any atom is 0.401 e. The van der Waals surface area contributed by atoms with Crippen LogP contribution in [0.4, 0.5) is 0 Å². The summed E-state index contributed by atoms with van der Waals surface area (Å²) < 4.78 is 9.33. The number of nitrogens with zero attached hydrogens (tertiary/aromatic N) is 1. The Bertz CT molecular complexity index is 235. The first-order valence-corrected chi connectivity index (χ1v) is 4.10. The molecule has 1 heterocycles. The lowest BCUT2D eigenvalue weighted by Crippen LogP contribution is -1.86. The Morgan fingerprint density at radius 2 is 2.64 bits per heavy atom. The first-order chi connectivity index (χ1) is 5.36. The highest BCUT2D eigenvalue weighted by molar-refractivity contribution is 9.09. The molecule has 1 aromatic heterocycles. The number of oxazole rings is 1. The van der Waals surface area contributed by atoms with E-state index in [1.165, 1.54) is 6.20 Å². The Balaban J connectivity index is 2.57. The Labute approximate surface area is 71.7 Å². The van der Waals surface area contributed by atoms with Crippen molar-refractivity contribution in [1.82, 2.24) is 4.98 Å². The van der Waals surface area contributed by atoms with Gasteiger partial charge >= 0.3 is 12.5 Å². The van der Waals surface area contributed by atoms with Crippen LogP contribution >= 0.6 is 15.9 Å². The average Bonchev–Trinajstić information content (AvgIpc) is 2.38. The number of rotatable bonds is 4. The summed E-state index contributed by atoms with van der Waals surface area (Å²) in [5.41, 5.74) is 0. The van der Waals surface area contributed by atoms with Crippen LogP contribution in [0.15, 0.2) is 10.6 Å². The molecule has 60 valence electrons. The maximum absolute atomic E-state index is 9.81. The second-order valence-corrected chi connectivity index (χ2v) is 2.54. The van der Waals surface area contributed by atoms with E-state index in [0.717, 1.165) is 11.8 Å². The molecule has 0 bridgehead atoms. The SMILES string of the molecule is O=COc1ncc(CCBr)o1. The first kappa shape index (κ1) is 8.26. The van der Waals surface area contributed by atoms with E-state index in [2.05, 4.69) is 25.7 Å². The van der Waals surface area contributed by atoms with Gasteiger partial charge in [-0.05, 0) is 0 Å². The smallest absolute Gasteiger partial charge is 0.401 e. The molecular weight excluding hydrogens is 214 g/mol. The molecule has 0 fully saturated rings. The summed E-state index contributed by atoms with van der Waals surface area (Å²) in [6.45, 7) is 0.281. The second kappa shape index (κ2) is 4.12. The number of carbonyl (C=O) groups excluding carboxylic acids is 1. The Morgan fingerprint density at radius 1 is 1.82 bits per heavy atom. The molecule has 0 amide bonds. The minimum absolute atomic E-state index is 0.00375. The molecule has 5 heteroatoms. The molecule has 1 aromatic rings. The Hall–Kier alpha value is -0.840. The largest absolute Gasteiger partial charge is 0.414 e. The fourth-order valence-electron chi connectivity index (χ4n) is 0.594. The van der Waals surface area contributed by atoms with Crippen LogP contribution in [0.5, 0.6) is 6.08 Å². The molecule has 0 aliphatic carbocycles. The first-order valence-electron chi connectivity index (χ1n) is 2.98. The van der Waals surface area contributed by atoms with E-state index in [0.29, 0.717) is 5.76 Å². The van der Waals surface area contributed by atoms with Crippen molar-refractivity contribution in [2.75, 3.05) is 5.33 Å². The van der Waals surface area contributed by atoms with Gasteiger partial charge in [0.05, 0.1) is 6.20 Å². The lowest BCUT2D eigenvalue weighted by atomic mass is 10.4. The number of aryl methyl sites for hydroxylation is 1. The molecule has 0 radical (unpaired) electrons. The van der Waals surface area contributed by atoms with Crippen molar-refractivity contribution in [3.8, 4) is 6.08 Å². The van der Waals surface area contributed by atoms with Crippen LogP contribution in [0.3, 0.4) is 0 Å². The van der Waals surface area contributed by atoms with E-state index >= 15 is 0 Å². The highest BCUT2D eigenvalue weighted by Gasteiger charge is 2.02. The topological polar surface area (TPSA) is 52.3 Å². The van der Waals surface area contributed by atoms with Gasteiger partial charge in [-0.1, -0.05) is 15.9 Å². The third-order valence-corrected chi connectivity index (χ3v) is 1.42. The summed E-state index contributed by atoms with van der Waals surface area (Å²) in [5.74, 6) is 0.693. The number of hydrogen-bond donors (Lipinski definition) is 0. The molecule has 0 saturated carbocycles. The zero-order valence-corrected chi connectivity index (χ0v) is 7.20. The lowest BCUT2D eigenvalue weighted by Gasteiger charge is -1.87. The second-order valence-electron chi connectivity index (χ2n) is 1.75. The quantitative estimate of drug-likeness (QED) is 0.564. The van der Waals surface area contributed by atoms with Crippen LogP contribution in [0.1, 0.15) is 5.76 Å². The highest BCUT2D eigenvalue weighted by Crippen LogP contribution is 2.11. The molecule has 0 unspecified atom stereocenters. The fourth-order valence-corrected chi connectivity index (χ4v) is 0.985. The number of aromatic nitrogens is 1. The summed E-state index contributed by atoms with van der Waals surface area (Å²) in [7, 11) is 0. The van der Waals surface area contributed by atoms with Crippen molar-refractivity contribution in [2.45, 2.75) is 6.42 Å². The van der Waals surface area contributed by atoms with Gasteiger partial charge in [-0.3, -0.25) is 4.79 Å². The third kappa shape index (κ3) is 2.34. The monoisotopic (exact) mass is 219 g/mol. The van der Waals surface area contributed by atoms with Crippen molar-refractivity contribution < 1.29 is 13.9 Å². The Morgan fingerprint density at radius 3 is 3.27 bits per heavy atom. The number of carbonyl (C=O) groups is 1. The number of alkyl halides is 1. The van der Waals surface area contributed by atoms with E-state index in [-0.39, 0.29) is 12.5 Å². The summed E-state index contributed by atoms with van der Waals surface area (Å²) in [5, 5.41) is 0.794. The van der Waals surface area contributed by atoms with Gasteiger partial charge in [0.1, 0.15) is 5.76 Å². The minimum atomic E-state index is -0.00375. The van der Waals surface area contributed by atoms with Crippen LogP contribution in [0, 0.1) is 0 Å². The highest BCUT2D eigenvalue weighted by atomic mass is 79.9. The molecule has 0 aliphatic rings. The molecule has 1 rings (SSSR count). The summed E-state index contributed by atoms with van der Waals surface area (Å²) >= 11 is 3.24. The maximum atomic E-state index is 9.81. The van der Waals surface area contributed by atoms with Crippen LogP contribution in [-0.4, -0.2) is 16.8 Å².